The van der Waals surface area contributed by atoms with Gasteiger partial charge in [-0.2, -0.15) is 5.26 Å². The highest BCUT2D eigenvalue weighted by Gasteiger charge is 2.18. The van der Waals surface area contributed by atoms with Crippen LogP contribution in [-0.2, 0) is 16.1 Å². The first-order valence-corrected chi connectivity index (χ1v) is 9.32. The summed E-state index contributed by atoms with van der Waals surface area (Å²) in [6, 6.07) is 3.97. The zero-order valence-electron chi connectivity index (χ0n) is 16.0. The molecule has 1 N–H and O–H groups in total. The maximum Gasteiger partial charge on any atom is 0.261 e. The Labute approximate surface area is 155 Å². The Morgan fingerprint density at radius 3 is 2.62 bits per heavy atom. The standard InChI is InChI=1S/C20H28N4O2/c1-4-9-24-15(2)12-17(16(24)3)13-18(14-21)20(26)22-8-7-19(25)23-10-5-6-11-23/h12-13H,4-11H2,1-3H3,(H,22,26)/b18-13+. The first-order valence-electron chi connectivity index (χ1n) is 9.32. The summed E-state index contributed by atoms with van der Waals surface area (Å²) in [7, 11) is 0. The Kier molecular flexibility index (Phi) is 7.02. The molecule has 1 saturated heterocycles. The Balaban J connectivity index is 1.97. The number of hydrogen-bond acceptors (Lipinski definition) is 3. The maximum atomic E-state index is 12.3. The number of aromatic nitrogens is 1. The van der Waals surface area contributed by atoms with Crippen molar-refractivity contribution in [2.24, 2.45) is 0 Å². The van der Waals surface area contributed by atoms with E-state index in [1.54, 1.807) is 6.08 Å². The number of aryl methyl sites for hydroxylation is 1. The molecule has 0 bridgehead atoms. The highest BCUT2D eigenvalue weighted by Crippen LogP contribution is 2.18. The molecule has 2 amide bonds. The van der Waals surface area contributed by atoms with E-state index in [0.29, 0.717) is 0 Å². The second-order valence-corrected chi connectivity index (χ2v) is 6.74. The summed E-state index contributed by atoms with van der Waals surface area (Å²) in [6.07, 6.45) is 5.03. The van der Waals surface area contributed by atoms with Crippen molar-refractivity contribution in [3.05, 3.63) is 28.6 Å². The van der Waals surface area contributed by atoms with Crippen molar-refractivity contribution in [3.8, 4) is 6.07 Å². The molecule has 0 atom stereocenters. The van der Waals surface area contributed by atoms with Gasteiger partial charge in [0, 0.05) is 44.0 Å². The number of carbonyl (C=O) groups is 2. The van der Waals surface area contributed by atoms with Gasteiger partial charge in [-0.15, -0.1) is 0 Å². The fourth-order valence-electron chi connectivity index (χ4n) is 3.35. The summed E-state index contributed by atoms with van der Waals surface area (Å²) < 4.78 is 2.19. The van der Waals surface area contributed by atoms with Crippen LogP contribution in [0.5, 0.6) is 0 Å². The monoisotopic (exact) mass is 356 g/mol. The van der Waals surface area contributed by atoms with Crippen LogP contribution in [0.2, 0.25) is 0 Å². The summed E-state index contributed by atoms with van der Waals surface area (Å²) in [6.45, 7) is 8.92. The molecule has 1 aliphatic heterocycles. The summed E-state index contributed by atoms with van der Waals surface area (Å²) in [5.41, 5.74) is 3.12. The number of amides is 2. The van der Waals surface area contributed by atoms with Gasteiger partial charge in [0.05, 0.1) is 0 Å². The Morgan fingerprint density at radius 2 is 2.00 bits per heavy atom. The smallest absolute Gasteiger partial charge is 0.261 e. The lowest BCUT2D eigenvalue weighted by molar-refractivity contribution is -0.130. The van der Waals surface area contributed by atoms with Gasteiger partial charge in [-0.3, -0.25) is 9.59 Å². The molecule has 0 spiro atoms. The molecule has 1 aliphatic rings. The largest absolute Gasteiger partial charge is 0.351 e. The average Bonchev–Trinajstić information content (AvgIpc) is 3.24. The van der Waals surface area contributed by atoms with Crippen molar-refractivity contribution in [1.29, 1.82) is 5.26 Å². The molecule has 1 aromatic heterocycles. The van der Waals surface area contributed by atoms with Crippen molar-refractivity contribution in [2.45, 2.75) is 53.0 Å². The lowest BCUT2D eigenvalue weighted by Gasteiger charge is -2.15. The minimum atomic E-state index is -0.429. The summed E-state index contributed by atoms with van der Waals surface area (Å²) in [5, 5.41) is 12.0. The van der Waals surface area contributed by atoms with Crippen LogP contribution in [0.3, 0.4) is 0 Å². The van der Waals surface area contributed by atoms with Gasteiger partial charge >= 0.3 is 0 Å². The van der Waals surface area contributed by atoms with Crippen molar-refractivity contribution >= 4 is 17.9 Å². The zero-order chi connectivity index (χ0) is 19.1. The summed E-state index contributed by atoms with van der Waals surface area (Å²) in [4.78, 5) is 26.1. The average molecular weight is 356 g/mol. The van der Waals surface area contributed by atoms with E-state index in [0.717, 1.165) is 55.8 Å². The lowest BCUT2D eigenvalue weighted by Crippen LogP contribution is -2.33. The predicted octanol–water partition coefficient (Wildman–Crippen LogP) is 2.55. The van der Waals surface area contributed by atoms with Crippen LogP contribution in [-0.4, -0.2) is 40.9 Å². The van der Waals surface area contributed by atoms with E-state index in [1.165, 1.54) is 0 Å². The number of nitriles is 1. The molecular formula is C20H28N4O2. The zero-order valence-corrected chi connectivity index (χ0v) is 16.0. The fourth-order valence-corrected chi connectivity index (χ4v) is 3.35. The Hall–Kier alpha value is -2.55. The molecule has 140 valence electrons. The Bertz CT molecular complexity index is 734. The van der Waals surface area contributed by atoms with E-state index in [-0.39, 0.29) is 24.4 Å². The molecule has 26 heavy (non-hydrogen) atoms. The van der Waals surface area contributed by atoms with Crippen molar-refractivity contribution in [3.63, 3.8) is 0 Å². The van der Waals surface area contributed by atoms with Gasteiger partial charge < -0.3 is 14.8 Å². The third-order valence-electron chi connectivity index (χ3n) is 4.81. The normalized spacial score (nSPS) is 14.4. The van der Waals surface area contributed by atoms with E-state index >= 15 is 0 Å². The first kappa shape index (κ1) is 19.8. The fraction of sp³-hybridized carbons (Fsp3) is 0.550. The second kappa shape index (κ2) is 9.23. The number of hydrogen-bond donors (Lipinski definition) is 1. The van der Waals surface area contributed by atoms with Gasteiger partial charge in [-0.05, 0) is 50.8 Å². The maximum absolute atomic E-state index is 12.3. The summed E-state index contributed by atoms with van der Waals surface area (Å²) >= 11 is 0. The van der Waals surface area contributed by atoms with Crippen molar-refractivity contribution < 1.29 is 9.59 Å². The van der Waals surface area contributed by atoms with E-state index in [9.17, 15) is 14.9 Å². The second-order valence-electron chi connectivity index (χ2n) is 6.74. The lowest BCUT2D eigenvalue weighted by atomic mass is 10.1. The highest BCUT2D eigenvalue weighted by molar-refractivity contribution is 6.02. The molecule has 6 nitrogen and oxygen atoms in total. The Morgan fingerprint density at radius 1 is 1.31 bits per heavy atom. The molecule has 6 heteroatoms. The van der Waals surface area contributed by atoms with Gasteiger partial charge in [0.15, 0.2) is 0 Å². The minimum Gasteiger partial charge on any atom is -0.351 e. The van der Waals surface area contributed by atoms with Gasteiger partial charge in [0.2, 0.25) is 5.91 Å². The number of carbonyl (C=O) groups excluding carboxylic acids is 2. The first-order chi connectivity index (χ1) is 12.5. The molecule has 2 heterocycles. The van der Waals surface area contributed by atoms with Crippen LogP contribution in [0.1, 0.15) is 49.6 Å². The van der Waals surface area contributed by atoms with E-state index in [1.807, 2.05) is 30.9 Å². The molecule has 0 unspecified atom stereocenters. The molecule has 2 rings (SSSR count). The van der Waals surface area contributed by atoms with Crippen LogP contribution in [0.4, 0.5) is 0 Å². The SMILES string of the molecule is CCCn1c(C)cc(/C=C(\C#N)C(=O)NCCC(=O)N2CCCC2)c1C. The molecule has 0 saturated carbocycles. The summed E-state index contributed by atoms with van der Waals surface area (Å²) in [5.74, 6) is -0.365. The number of nitrogens with one attached hydrogen (secondary N) is 1. The molecule has 1 fully saturated rings. The van der Waals surface area contributed by atoms with Crippen molar-refractivity contribution in [1.82, 2.24) is 14.8 Å². The third kappa shape index (κ3) is 4.75. The van der Waals surface area contributed by atoms with Gasteiger partial charge in [0.1, 0.15) is 11.6 Å². The predicted molar refractivity (Wildman–Crippen MR) is 101 cm³/mol. The molecule has 1 aromatic rings. The topological polar surface area (TPSA) is 78.1 Å². The molecular weight excluding hydrogens is 328 g/mol. The highest BCUT2D eigenvalue weighted by atomic mass is 16.2. The van der Waals surface area contributed by atoms with Gasteiger partial charge in [-0.25, -0.2) is 0 Å². The molecule has 0 aromatic carbocycles. The van der Waals surface area contributed by atoms with E-state index in [2.05, 4.69) is 16.8 Å². The van der Waals surface area contributed by atoms with Crippen LogP contribution in [0, 0.1) is 25.2 Å². The number of likely N-dealkylation sites (tertiary alicyclic amines) is 1. The van der Waals surface area contributed by atoms with Crippen molar-refractivity contribution in [2.75, 3.05) is 19.6 Å². The van der Waals surface area contributed by atoms with Crippen LogP contribution >= 0.6 is 0 Å². The van der Waals surface area contributed by atoms with Crippen LogP contribution in [0.25, 0.3) is 6.08 Å². The third-order valence-corrected chi connectivity index (χ3v) is 4.81. The van der Waals surface area contributed by atoms with Crippen LogP contribution < -0.4 is 5.32 Å². The molecule has 0 aliphatic carbocycles. The van der Waals surface area contributed by atoms with Gasteiger partial charge in [-0.1, -0.05) is 6.92 Å². The minimum absolute atomic E-state index is 0.0633. The quantitative estimate of drug-likeness (QED) is 0.602. The number of rotatable bonds is 7. The van der Waals surface area contributed by atoms with E-state index < -0.39 is 5.91 Å². The number of nitrogens with zero attached hydrogens (tertiary/aromatic N) is 3. The van der Waals surface area contributed by atoms with Crippen LogP contribution in [0.15, 0.2) is 11.6 Å². The van der Waals surface area contributed by atoms with Gasteiger partial charge in [0.25, 0.3) is 5.91 Å². The van der Waals surface area contributed by atoms with E-state index in [4.69, 9.17) is 0 Å². The molecule has 0 radical (unpaired) electrons.